The third-order valence-corrected chi connectivity index (χ3v) is 3.35. The first kappa shape index (κ1) is 13.4. The highest BCUT2D eigenvalue weighted by molar-refractivity contribution is 9.10. The molecule has 0 aliphatic carbocycles. The van der Waals surface area contributed by atoms with Crippen molar-refractivity contribution in [3.05, 3.63) is 57.5 Å². The average molecular weight is 328 g/mol. The molecule has 2 aromatic rings. The van der Waals surface area contributed by atoms with Gasteiger partial charge in [-0.05, 0) is 64.8 Å². The standard InChI is InChI=1S/C14H12BrClO2/c1-9(17)10-2-7-14(13(15)8-10)18-12-5-3-11(16)4-6-12/h2-9,17H,1H3. The van der Waals surface area contributed by atoms with Crippen LogP contribution in [-0.2, 0) is 0 Å². The van der Waals surface area contributed by atoms with E-state index in [1.165, 1.54) is 0 Å². The molecule has 1 atom stereocenters. The van der Waals surface area contributed by atoms with Crippen LogP contribution < -0.4 is 4.74 Å². The van der Waals surface area contributed by atoms with Crippen LogP contribution >= 0.6 is 27.5 Å². The van der Waals surface area contributed by atoms with Crippen LogP contribution in [0, 0.1) is 0 Å². The Labute approximate surface area is 119 Å². The van der Waals surface area contributed by atoms with Crippen LogP contribution in [0.2, 0.25) is 5.02 Å². The van der Waals surface area contributed by atoms with Gasteiger partial charge in [-0.15, -0.1) is 0 Å². The number of rotatable bonds is 3. The molecule has 2 aromatic carbocycles. The molecule has 0 saturated carbocycles. The Morgan fingerprint density at radius 3 is 2.39 bits per heavy atom. The minimum absolute atomic E-state index is 0.495. The zero-order valence-corrected chi connectivity index (χ0v) is 12.1. The first-order valence-electron chi connectivity index (χ1n) is 5.47. The molecule has 0 aliphatic rings. The Hall–Kier alpha value is -1.03. The Bertz CT molecular complexity index is 538. The van der Waals surface area contributed by atoms with E-state index < -0.39 is 6.10 Å². The number of aliphatic hydroxyl groups is 1. The quantitative estimate of drug-likeness (QED) is 0.864. The Morgan fingerprint density at radius 2 is 1.83 bits per heavy atom. The van der Waals surface area contributed by atoms with E-state index in [9.17, 15) is 5.11 Å². The minimum atomic E-state index is -0.495. The fourth-order valence-corrected chi connectivity index (χ4v) is 2.09. The third kappa shape index (κ3) is 3.25. The molecule has 0 amide bonds. The molecule has 0 aliphatic heterocycles. The monoisotopic (exact) mass is 326 g/mol. The smallest absolute Gasteiger partial charge is 0.141 e. The van der Waals surface area contributed by atoms with Gasteiger partial charge in [0.1, 0.15) is 11.5 Å². The SMILES string of the molecule is CC(O)c1ccc(Oc2ccc(Cl)cc2)c(Br)c1. The van der Waals surface area contributed by atoms with Crippen LogP contribution in [0.25, 0.3) is 0 Å². The van der Waals surface area contributed by atoms with Crippen LogP contribution in [0.1, 0.15) is 18.6 Å². The van der Waals surface area contributed by atoms with Gasteiger partial charge in [-0.2, -0.15) is 0 Å². The first-order valence-corrected chi connectivity index (χ1v) is 6.64. The number of hydrogen-bond acceptors (Lipinski definition) is 2. The second kappa shape index (κ2) is 5.74. The summed E-state index contributed by atoms with van der Waals surface area (Å²) in [5, 5.41) is 10.2. The predicted octanol–water partition coefficient (Wildman–Crippen LogP) is 4.95. The topological polar surface area (TPSA) is 29.5 Å². The largest absolute Gasteiger partial charge is 0.456 e. The summed E-state index contributed by atoms with van der Waals surface area (Å²) in [7, 11) is 0. The van der Waals surface area contributed by atoms with Gasteiger partial charge in [-0.3, -0.25) is 0 Å². The van der Waals surface area contributed by atoms with Crippen molar-refractivity contribution in [2.75, 3.05) is 0 Å². The van der Waals surface area contributed by atoms with Gasteiger partial charge in [0.05, 0.1) is 10.6 Å². The second-order valence-corrected chi connectivity index (χ2v) is 5.21. The molecule has 0 aromatic heterocycles. The summed E-state index contributed by atoms with van der Waals surface area (Å²) in [6.45, 7) is 1.72. The van der Waals surface area contributed by atoms with E-state index in [4.69, 9.17) is 16.3 Å². The maximum atomic E-state index is 9.48. The van der Waals surface area contributed by atoms with E-state index >= 15 is 0 Å². The lowest BCUT2D eigenvalue weighted by atomic mass is 10.1. The van der Waals surface area contributed by atoms with E-state index in [0.29, 0.717) is 16.5 Å². The lowest BCUT2D eigenvalue weighted by Gasteiger charge is -2.10. The van der Waals surface area contributed by atoms with Crippen molar-refractivity contribution in [3.63, 3.8) is 0 Å². The number of halogens is 2. The summed E-state index contributed by atoms with van der Waals surface area (Å²) in [5.74, 6) is 1.41. The van der Waals surface area contributed by atoms with Crippen molar-refractivity contribution < 1.29 is 9.84 Å². The van der Waals surface area contributed by atoms with Gasteiger partial charge in [0.25, 0.3) is 0 Å². The molecule has 0 fully saturated rings. The molecule has 2 nitrogen and oxygen atoms in total. The zero-order chi connectivity index (χ0) is 13.1. The van der Waals surface area contributed by atoms with E-state index in [1.54, 1.807) is 31.2 Å². The van der Waals surface area contributed by atoms with Crippen LogP contribution in [0.4, 0.5) is 0 Å². The van der Waals surface area contributed by atoms with Crippen LogP contribution in [0.5, 0.6) is 11.5 Å². The molecule has 0 saturated heterocycles. The van der Waals surface area contributed by atoms with Crippen molar-refractivity contribution in [2.45, 2.75) is 13.0 Å². The Kier molecular flexibility index (Phi) is 4.27. The summed E-state index contributed by atoms with van der Waals surface area (Å²) in [4.78, 5) is 0. The molecule has 4 heteroatoms. The molecule has 1 N–H and O–H groups in total. The maximum Gasteiger partial charge on any atom is 0.141 e. The minimum Gasteiger partial charge on any atom is -0.456 e. The van der Waals surface area contributed by atoms with Gasteiger partial charge in [-0.1, -0.05) is 17.7 Å². The summed E-state index contributed by atoms with van der Waals surface area (Å²) in [5.41, 5.74) is 0.838. The fourth-order valence-electron chi connectivity index (χ4n) is 1.49. The molecule has 18 heavy (non-hydrogen) atoms. The highest BCUT2D eigenvalue weighted by Gasteiger charge is 2.07. The molecule has 1 unspecified atom stereocenters. The van der Waals surface area contributed by atoms with Crippen molar-refractivity contribution in [2.24, 2.45) is 0 Å². The van der Waals surface area contributed by atoms with Gasteiger partial charge in [0, 0.05) is 5.02 Å². The summed E-state index contributed by atoms with van der Waals surface area (Å²) < 4.78 is 6.51. The summed E-state index contributed by atoms with van der Waals surface area (Å²) in [6, 6.07) is 12.6. The molecule has 0 heterocycles. The molecule has 0 radical (unpaired) electrons. The van der Waals surface area contributed by atoms with Gasteiger partial charge in [0.2, 0.25) is 0 Å². The Balaban J connectivity index is 2.22. The Morgan fingerprint density at radius 1 is 1.17 bits per heavy atom. The lowest BCUT2D eigenvalue weighted by Crippen LogP contribution is -1.92. The number of hydrogen-bond donors (Lipinski definition) is 1. The first-order chi connectivity index (χ1) is 8.56. The summed E-state index contributed by atoms with van der Waals surface area (Å²) in [6.07, 6.45) is -0.495. The number of aliphatic hydroxyl groups excluding tert-OH is 1. The molecule has 0 bridgehead atoms. The lowest BCUT2D eigenvalue weighted by molar-refractivity contribution is 0.199. The molecular weight excluding hydrogens is 316 g/mol. The second-order valence-electron chi connectivity index (χ2n) is 3.92. The van der Waals surface area contributed by atoms with Crippen LogP contribution in [-0.4, -0.2) is 5.11 Å². The van der Waals surface area contributed by atoms with Crippen molar-refractivity contribution in [1.29, 1.82) is 0 Å². The van der Waals surface area contributed by atoms with E-state index in [2.05, 4.69) is 15.9 Å². The predicted molar refractivity (Wildman–Crippen MR) is 76.3 cm³/mol. The highest BCUT2D eigenvalue weighted by atomic mass is 79.9. The van der Waals surface area contributed by atoms with Crippen LogP contribution in [0.3, 0.4) is 0 Å². The normalized spacial score (nSPS) is 12.2. The maximum absolute atomic E-state index is 9.48. The van der Waals surface area contributed by atoms with Crippen molar-refractivity contribution in [3.8, 4) is 11.5 Å². The highest BCUT2D eigenvalue weighted by Crippen LogP contribution is 2.32. The van der Waals surface area contributed by atoms with Crippen LogP contribution in [0.15, 0.2) is 46.9 Å². The van der Waals surface area contributed by atoms with Crippen molar-refractivity contribution in [1.82, 2.24) is 0 Å². The molecular formula is C14H12BrClO2. The van der Waals surface area contributed by atoms with E-state index in [1.807, 2.05) is 18.2 Å². The van der Waals surface area contributed by atoms with Gasteiger partial charge < -0.3 is 9.84 Å². The zero-order valence-electron chi connectivity index (χ0n) is 9.73. The molecule has 94 valence electrons. The third-order valence-electron chi connectivity index (χ3n) is 2.48. The number of ether oxygens (including phenoxy) is 1. The van der Waals surface area contributed by atoms with Gasteiger partial charge in [-0.25, -0.2) is 0 Å². The summed E-state index contributed by atoms with van der Waals surface area (Å²) >= 11 is 9.23. The average Bonchev–Trinajstić information content (AvgIpc) is 2.34. The van der Waals surface area contributed by atoms with E-state index in [0.717, 1.165) is 10.0 Å². The van der Waals surface area contributed by atoms with Crippen molar-refractivity contribution >= 4 is 27.5 Å². The number of benzene rings is 2. The fraction of sp³-hybridized carbons (Fsp3) is 0.143. The van der Waals surface area contributed by atoms with Gasteiger partial charge in [0.15, 0.2) is 0 Å². The van der Waals surface area contributed by atoms with E-state index in [-0.39, 0.29) is 0 Å². The molecule has 2 rings (SSSR count). The molecule has 0 spiro atoms. The van der Waals surface area contributed by atoms with Gasteiger partial charge >= 0.3 is 0 Å².